The Morgan fingerprint density at radius 2 is 1.87 bits per heavy atom. The monoisotopic (exact) mass is 334 g/mol. The van der Waals surface area contributed by atoms with E-state index in [1.165, 1.54) is 19.1 Å². The van der Waals surface area contributed by atoms with Gasteiger partial charge in [-0.15, -0.1) is 0 Å². The van der Waals surface area contributed by atoms with Crippen molar-refractivity contribution in [2.24, 2.45) is 0 Å². The van der Waals surface area contributed by atoms with E-state index in [1.807, 2.05) is 0 Å². The van der Waals surface area contributed by atoms with Gasteiger partial charge in [-0.1, -0.05) is 6.07 Å². The normalized spacial score (nSPS) is 13.7. The largest absolute Gasteiger partial charge is 0.312 e. The molecule has 0 spiro atoms. The maximum atomic E-state index is 12.9. The van der Waals surface area contributed by atoms with Crippen LogP contribution in [0.5, 0.6) is 0 Å². The summed E-state index contributed by atoms with van der Waals surface area (Å²) in [6, 6.07) is 9.69. The molecule has 7 heteroatoms. The van der Waals surface area contributed by atoms with Crippen LogP contribution in [0.2, 0.25) is 0 Å². The number of halogens is 1. The lowest BCUT2D eigenvalue weighted by molar-refractivity contribution is -0.116. The number of fused-ring (bicyclic) bond motifs is 1. The van der Waals surface area contributed by atoms with Crippen LogP contribution in [-0.2, 0) is 21.2 Å². The molecule has 1 aliphatic rings. The second kappa shape index (κ2) is 5.66. The van der Waals surface area contributed by atoms with Crippen molar-refractivity contribution in [3.63, 3.8) is 0 Å². The summed E-state index contributed by atoms with van der Waals surface area (Å²) in [5.74, 6) is -0.583. The van der Waals surface area contributed by atoms with Crippen LogP contribution in [0.3, 0.4) is 0 Å². The minimum Gasteiger partial charge on any atom is -0.312 e. The Bertz CT molecular complexity index is 863. The third-order valence-electron chi connectivity index (χ3n) is 3.74. The molecule has 0 aliphatic carbocycles. The summed E-state index contributed by atoms with van der Waals surface area (Å²) in [6.45, 7) is 2.07. The number of nitrogens with one attached hydrogen (secondary N) is 1. The molecule has 0 radical (unpaired) electrons. The second-order valence-electron chi connectivity index (χ2n) is 5.32. The summed E-state index contributed by atoms with van der Waals surface area (Å²) in [4.78, 5) is 13.2. The van der Waals surface area contributed by atoms with E-state index in [0.29, 0.717) is 12.2 Å². The fraction of sp³-hybridized carbons (Fsp3) is 0.188. The van der Waals surface area contributed by atoms with Gasteiger partial charge in [0.15, 0.2) is 0 Å². The van der Waals surface area contributed by atoms with Crippen molar-refractivity contribution in [2.45, 2.75) is 18.2 Å². The van der Waals surface area contributed by atoms with Gasteiger partial charge in [-0.25, -0.2) is 12.8 Å². The number of nitrogens with zero attached hydrogens (tertiary/aromatic N) is 1. The molecule has 0 unspecified atom stereocenters. The van der Waals surface area contributed by atoms with Crippen molar-refractivity contribution in [1.29, 1.82) is 0 Å². The minimum absolute atomic E-state index is 0.0252. The lowest BCUT2D eigenvalue weighted by Crippen LogP contribution is -2.25. The predicted octanol–water partition coefficient (Wildman–Crippen LogP) is 2.54. The van der Waals surface area contributed by atoms with E-state index in [2.05, 4.69) is 4.72 Å². The van der Waals surface area contributed by atoms with Crippen LogP contribution in [0.1, 0.15) is 12.5 Å². The summed E-state index contributed by atoms with van der Waals surface area (Å²) in [6.07, 6.45) is 0.750. The van der Waals surface area contributed by atoms with E-state index in [0.717, 1.165) is 29.8 Å². The predicted molar refractivity (Wildman–Crippen MR) is 85.4 cm³/mol. The summed E-state index contributed by atoms with van der Waals surface area (Å²) in [7, 11) is -3.81. The average molecular weight is 334 g/mol. The first-order valence-corrected chi connectivity index (χ1v) is 8.54. The van der Waals surface area contributed by atoms with Crippen LogP contribution in [0.25, 0.3) is 0 Å². The molecule has 1 aliphatic heterocycles. The highest BCUT2D eigenvalue weighted by molar-refractivity contribution is 7.92. The standard InChI is InChI=1S/C16H15FN2O3S/c1-11(20)19-9-8-12-2-5-14(10-16(12)19)18-23(21,22)15-6-3-13(17)4-7-15/h2-7,10,18H,8-9H2,1H3. The number of rotatable bonds is 3. The topological polar surface area (TPSA) is 66.5 Å². The highest BCUT2D eigenvalue weighted by Gasteiger charge is 2.23. The molecule has 0 saturated heterocycles. The average Bonchev–Trinajstić information content (AvgIpc) is 2.90. The molecule has 0 aromatic heterocycles. The minimum atomic E-state index is -3.81. The van der Waals surface area contributed by atoms with Gasteiger partial charge in [0.2, 0.25) is 5.91 Å². The number of carbonyl (C=O) groups is 1. The molecular weight excluding hydrogens is 319 g/mol. The summed E-state index contributed by atoms with van der Waals surface area (Å²) < 4.78 is 40.0. The van der Waals surface area contributed by atoms with E-state index in [1.54, 1.807) is 23.1 Å². The molecule has 1 heterocycles. The molecule has 0 fully saturated rings. The lowest BCUT2D eigenvalue weighted by Gasteiger charge is -2.16. The Morgan fingerprint density at radius 3 is 2.52 bits per heavy atom. The fourth-order valence-electron chi connectivity index (χ4n) is 2.60. The number of hydrogen-bond donors (Lipinski definition) is 1. The Kier molecular flexibility index (Phi) is 3.81. The molecule has 0 bridgehead atoms. The van der Waals surface area contributed by atoms with Crippen molar-refractivity contribution < 1.29 is 17.6 Å². The Labute approximate surface area is 133 Å². The van der Waals surface area contributed by atoms with Crippen molar-refractivity contribution in [3.8, 4) is 0 Å². The van der Waals surface area contributed by atoms with Crippen molar-refractivity contribution in [2.75, 3.05) is 16.2 Å². The molecule has 1 N–H and O–H groups in total. The summed E-state index contributed by atoms with van der Waals surface area (Å²) in [5, 5.41) is 0. The van der Waals surface area contributed by atoms with E-state index in [-0.39, 0.29) is 10.8 Å². The van der Waals surface area contributed by atoms with Crippen molar-refractivity contribution in [3.05, 3.63) is 53.8 Å². The van der Waals surface area contributed by atoms with Gasteiger partial charge in [-0.3, -0.25) is 9.52 Å². The van der Waals surface area contributed by atoms with Crippen LogP contribution in [0.4, 0.5) is 15.8 Å². The van der Waals surface area contributed by atoms with Crippen LogP contribution >= 0.6 is 0 Å². The summed E-state index contributed by atoms with van der Waals surface area (Å²) in [5.41, 5.74) is 2.09. The van der Waals surface area contributed by atoms with Gasteiger partial charge < -0.3 is 4.90 Å². The first kappa shape index (κ1) is 15.5. The van der Waals surface area contributed by atoms with E-state index in [4.69, 9.17) is 0 Å². The number of benzene rings is 2. The van der Waals surface area contributed by atoms with E-state index in [9.17, 15) is 17.6 Å². The fourth-order valence-corrected chi connectivity index (χ4v) is 3.65. The first-order valence-electron chi connectivity index (χ1n) is 7.06. The zero-order valence-corrected chi connectivity index (χ0v) is 13.2. The molecule has 0 atom stereocenters. The zero-order chi connectivity index (χ0) is 16.6. The molecule has 0 saturated carbocycles. The molecule has 23 heavy (non-hydrogen) atoms. The maximum absolute atomic E-state index is 12.9. The van der Waals surface area contributed by atoms with Crippen LogP contribution in [-0.4, -0.2) is 20.9 Å². The SMILES string of the molecule is CC(=O)N1CCc2ccc(NS(=O)(=O)c3ccc(F)cc3)cc21. The molecule has 2 aromatic carbocycles. The van der Waals surface area contributed by atoms with Gasteiger partial charge in [0.05, 0.1) is 10.6 Å². The van der Waals surface area contributed by atoms with E-state index >= 15 is 0 Å². The molecule has 120 valence electrons. The second-order valence-corrected chi connectivity index (χ2v) is 7.01. The number of carbonyl (C=O) groups excluding carboxylic acids is 1. The van der Waals surface area contributed by atoms with Crippen LogP contribution in [0.15, 0.2) is 47.4 Å². The molecule has 2 aromatic rings. The number of sulfonamides is 1. The Balaban J connectivity index is 1.90. The van der Waals surface area contributed by atoms with Gasteiger partial charge in [-0.05, 0) is 48.4 Å². The van der Waals surface area contributed by atoms with Gasteiger partial charge in [0, 0.05) is 19.2 Å². The summed E-state index contributed by atoms with van der Waals surface area (Å²) >= 11 is 0. The van der Waals surface area contributed by atoms with E-state index < -0.39 is 15.8 Å². The number of hydrogen-bond acceptors (Lipinski definition) is 3. The molecular formula is C16H15FN2O3S. The van der Waals surface area contributed by atoms with Crippen LogP contribution in [0, 0.1) is 5.82 Å². The van der Waals surface area contributed by atoms with Crippen LogP contribution < -0.4 is 9.62 Å². The lowest BCUT2D eigenvalue weighted by atomic mass is 10.1. The first-order chi connectivity index (χ1) is 10.9. The van der Waals surface area contributed by atoms with Gasteiger partial charge >= 0.3 is 0 Å². The maximum Gasteiger partial charge on any atom is 0.261 e. The van der Waals surface area contributed by atoms with Gasteiger partial charge in [-0.2, -0.15) is 0 Å². The molecule has 3 rings (SSSR count). The number of anilines is 2. The molecule has 5 nitrogen and oxygen atoms in total. The third-order valence-corrected chi connectivity index (χ3v) is 5.13. The number of amides is 1. The highest BCUT2D eigenvalue weighted by atomic mass is 32.2. The quantitative estimate of drug-likeness (QED) is 0.938. The van der Waals surface area contributed by atoms with Gasteiger partial charge in [0.25, 0.3) is 10.0 Å². The smallest absolute Gasteiger partial charge is 0.261 e. The van der Waals surface area contributed by atoms with Crippen molar-refractivity contribution >= 4 is 27.3 Å². The molecule has 1 amide bonds. The Morgan fingerprint density at radius 1 is 1.17 bits per heavy atom. The zero-order valence-electron chi connectivity index (χ0n) is 12.4. The van der Waals surface area contributed by atoms with Crippen molar-refractivity contribution in [1.82, 2.24) is 0 Å². The third kappa shape index (κ3) is 3.05. The van der Waals surface area contributed by atoms with Gasteiger partial charge in [0.1, 0.15) is 5.82 Å². The Hall–Kier alpha value is -2.41. The highest BCUT2D eigenvalue weighted by Crippen LogP contribution is 2.31.